The molecule has 9 nitrogen and oxygen atoms in total. The number of hydrogen-bond acceptors (Lipinski definition) is 8. The van der Waals surface area contributed by atoms with Crippen LogP contribution >= 0.6 is 11.8 Å². The molecule has 3 aromatic heterocycles. The highest BCUT2D eigenvalue weighted by molar-refractivity contribution is 7.99. The van der Waals surface area contributed by atoms with E-state index in [0.29, 0.717) is 24.4 Å². The molecule has 4 rings (SSSR count). The Morgan fingerprint density at radius 2 is 2.12 bits per heavy atom. The normalized spacial score (nSPS) is 13.2. The second-order valence-corrected chi connectivity index (χ2v) is 9.13. The van der Waals surface area contributed by atoms with Crippen LogP contribution in [0.25, 0.3) is 17.1 Å². The number of aryl methyl sites for hydroxylation is 1. The Labute approximate surface area is 190 Å². The molecule has 32 heavy (non-hydrogen) atoms. The van der Waals surface area contributed by atoms with Crippen molar-refractivity contribution >= 4 is 40.7 Å². The van der Waals surface area contributed by atoms with E-state index in [1.807, 2.05) is 33.8 Å². The predicted molar refractivity (Wildman–Crippen MR) is 126 cm³/mol. The number of rotatable bonds is 6. The molecule has 0 fully saturated rings. The lowest BCUT2D eigenvalue weighted by atomic mass is 10.1. The molecule has 0 aromatic carbocycles. The fourth-order valence-corrected chi connectivity index (χ4v) is 4.85. The molecule has 0 unspecified atom stereocenters. The van der Waals surface area contributed by atoms with E-state index < -0.39 is 0 Å². The number of carbonyl (C=O) groups excluding carboxylic acids is 1. The number of methoxy groups -OCH3 is 1. The van der Waals surface area contributed by atoms with Crippen molar-refractivity contribution in [3.8, 4) is 5.75 Å². The van der Waals surface area contributed by atoms with Crippen LogP contribution < -0.4 is 15.8 Å². The number of carbonyl (C=O) groups is 1. The summed E-state index contributed by atoms with van der Waals surface area (Å²) in [5.41, 5.74) is 11.2. The molecule has 0 aliphatic carbocycles. The number of pyridine rings is 1. The number of thioether (sulfide) groups is 1. The first kappa shape index (κ1) is 22.1. The number of nitrogen functional groups attached to an aromatic ring is 1. The van der Waals surface area contributed by atoms with Crippen LogP contribution in [-0.4, -0.2) is 49.5 Å². The van der Waals surface area contributed by atoms with Crippen molar-refractivity contribution in [2.24, 2.45) is 0 Å². The van der Waals surface area contributed by atoms with Crippen molar-refractivity contribution in [3.63, 3.8) is 0 Å². The van der Waals surface area contributed by atoms with Gasteiger partial charge in [-0.2, -0.15) is 10.1 Å². The average Bonchev–Trinajstić information content (AvgIpc) is 2.94. The number of ether oxygens (including phenoxy) is 1. The Balaban J connectivity index is 1.76. The fourth-order valence-electron chi connectivity index (χ4n) is 3.85. The summed E-state index contributed by atoms with van der Waals surface area (Å²) in [5, 5.41) is 9.37. The number of aromatic nitrogens is 5. The Kier molecular flexibility index (Phi) is 6.05. The maximum atomic E-state index is 12.3. The summed E-state index contributed by atoms with van der Waals surface area (Å²) in [6.07, 6.45) is 4.08. The summed E-state index contributed by atoms with van der Waals surface area (Å²) in [4.78, 5) is 25.8. The fraction of sp³-hybridized carbons (Fsp3) is 0.409. The second-order valence-electron chi connectivity index (χ2n) is 8.16. The van der Waals surface area contributed by atoms with E-state index in [-0.39, 0.29) is 17.9 Å². The van der Waals surface area contributed by atoms with Gasteiger partial charge in [0.15, 0.2) is 5.65 Å². The zero-order valence-corrected chi connectivity index (χ0v) is 19.7. The van der Waals surface area contributed by atoms with Crippen LogP contribution in [0.4, 0.5) is 5.95 Å². The zero-order chi connectivity index (χ0) is 23.0. The Hall–Kier alpha value is -3.14. The van der Waals surface area contributed by atoms with E-state index in [1.165, 1.54) is 0 Å². The van der Waals surface area contributed by atoms with E-state index in [0.717, 1.165) is 44.2 Å². The number of nitrogens with two attached hydrogens (primary N) is 1. The van der Waals surface area contributed by atoms with Gasteiger partial charge in [0.25, 0.3) is 0 Å². The van der Waals surface area contributed by atoms with Gasteiger partial charge in [-0.1, -0.05) is 0 Å². The number of hydrogen-bond donors (Lipinski definition) is 2. The minimum atomic E-state index is -0.00865. The summed E-state index contributed by atoms with van der Waals surface area (Å²) < 4.78 is 7.34. The van der Waals surface area contributed by atoms with Crippen LogP contribution in [0, 0.1) is 13.8 Å². The first-order valence-electron chi connectivity index (χ1n) is 10.4. The van der Waals surface area contributed by atoms with Gasteiger partial charge in [-0.3, -0.25) is 9.78 Å². The lowest BCUT2D eigenvalue weighted by Gasteiger charge is -2.13. The largest absolute Gasteiger partial charge is 0.496 e. The Bertz CT molecular complexity index is 1230. The van der Waals surface area contributed by atoms with Crippen molar-refractivity contribution in [1.29, 1.82) is 0 Å². The van der Waals surface area contributed by atoms with E-state index in [4.69, 9.17) is 15.6 Å². The minimum absolute atomic E-state index is 0.00865. The summed E-state index contributed by atoms with van der Waals surface area (Å²) in [7, 11) is 1.66. The van der Waals surface area contributed by atoms with Crippen LogP contribution in [0.15, 0.2) is 16.8 Å². The molecule has 0 saturated carbocycles. The van der Waals surface area contributed by atoms with Crippen LogP contribution in [-0.2, 0) is 11.3 Å². The third-order valence-electron chi connectivity index (χ3n) is 5.22. The topological polar surface area (TPSA) is 121 Å². The molecule has 1 amide bonds. The monoisotopic (exact) mass is 453 g/mol. The summed E-state index contributed by atoms with van der Waals surface area (Å²) in [6.45, 7) is 8.26. The molecule has 0 bridgehead atoms. The van der Waals surface area contributed by atoms with Crippen molar-refractivity contribution in [2.45, 2.75) is 51.7 Å². The smallest absolute Gasteiger partial charge is 0.224 e. The van der Waals surface area contributed by atoms with Gasteiger partial charge in [0.1, 0.15) is 10.8 Å². The highest BCUT2D eigenvalue weighted by Crippen LogP contribution is 2.35. The van der Waals surface area contributed by atoms with Gasteiger partial charge in [0.05, 0.1) is 30.4 Å². The average molecular weight is 454 g/mol. The summed E-state index contributed by atoms with van der Waals surface area (Å²) in [6, 6.07) is 0.0950. The molecule has 0 atom stereocenters. The molecule has 1 aliphatic heterocycles. The molecule has 3 aromatic rings. The van der Waals surface area contributed by atoms with E-state index in [2.05, 4.69) is 20.3 Å². The van der Waals surface area contributed by atoms with Crippen molar-refractivity contribution < 1.29 is 9.53 Å². The standard InChI is InChI=1S/C22H27N7O2S/c1-11(2)25-17(30)7-14-6-15-18-20(26-22(23)27-21(18)32-10-14)29(28-15)9-16-13(4)19(31-5)12(3)8-24-16/h6,8,11H,7,9-10H2,1-5H3,(H,25,30)(H2,23,26,27). The van der Waals surface area contributed by atoms with Crippen molar-refractivity contribution in [1.82, 2.24) is 30.0 Å². The number of nitrogens with one attached hydrogen (secondary N) is 1. The Morgan fingerprint density at radius 3 is 2.84 bits per heavy atom. The SMILES string of the molecule is COc1c(C)cnc(Cn2nc3c4c(nc(N)nc42)SCC(CC(=O)NC(C)C)=C3)c1C. The van der Waals surface area contributed by atoms with Crippen molar-refractivity contribution in [2.75, 3.05) is 18.6 Å². The maximum absolute atomic E-state index is 12.3. The van der Waals surface area contributed by atoms with E-state index in [1.54, 1.807) is 29.8 Å². The number of nitrogens with zero attached hydrogens (tertiary/aromatic N) is 5. The summed E-state index contributed by atoms with van der Waals surface area (Å²) in [5.74, 6) is 1.64. The first-order valence-corrected chi connectivity index (χ1v) is 11.4. The number of amides is 1. The molecule has 168 valence electrons. The van der Waals surface area contributed by atoms with Gasteiger partial charge >= 0.3 is 0 Å². The van der Waals surface area contributed by atoms with Gasteiger partial charge in [0, 0.05) is 35.5 Å². The maximum Gasteiger partial charge on any atom is 0.224 e. The first-order chi connectivity index (χ1) is 15.3. The molecule has 0 radical (unpaired) electrons. The van der Waals surface area contributed by atoms with E-state index in [9.17, 15) is 4.79 Å². The number of anilines is 1. The van der Waals surface area contributed by atoms with Gasteiger partial charge in [-0.05, 0) is 39.3 Å². The van der Waals surface area contributed by atoms with Gasteiger partial charge in [0.2, 0.25) is 11.9 Å². The minimum Gasteiger partial charge on any atom is -0.496 e. The molecule has 10 heteroatoms. The molecule has 0 saturated heterocycles. The van der Waals surface area contributed by atoms with Crippen molar-refractivity contribution in [3.05, 3.63) is 34.3 Å². The van der Waals surface area contributed by atoms with Crippen LogP contribution in [0.5, 0.6) is 5.75 Å². The molecule has 4 heterocycles. The molecule has 3 N–H and O–H groups in total. The molecule has 0 spiro atoms. The van der Waals surface area contributed by atoms with Gasteiger partial charge in [-0.15, -0.1) is 11.8 Å². The predicted octanol–water partition coefficient (Wildman–Crippen LogP) is 2.88. The van der Waals surface area contributed by atoms with Gasteiger partial charge in [-0.25, -0.2) is 9.67 Å². The zero-order valence-electron chi connectivity index (χ0n) is 18.9. The van der Waals surface area contributed by atoms with Gasteiger partial charge < -0.3 is 15.8 Å². The third kappa shape index (κ3) is 4.27. The Morgan fingerprint density at radius 1 is 1.34 bits per heavy atom. The highest BCUT2D eigenvalue weighted by Gasteiger charge is 2.23. The molecule has 1 aliphatic rings. The summed E-state index contributed by atoms with van der Waals surface area (Å²) >= 11 is 1.55. The van der Waals surface area contributed by atoms with Crippen LogP contribution in [0.3, 0.4) is 0 Å². The second kappa shape index (κ2) is 8.78. The van der Waals surface area contributed by atoms with E-state index >= 15 is 0 Å². The lowest BCUT2D eigenvalue weighted by molar-refractivity contribution is -0.120. The van der Waals surface area contributed by atoms with Crippen LogP contribution in [0.2, 0.25) is 0 Å². The highest BCUT2D eigenvalue weighted by atomic mass is 32.2. The quantitative estimate of drug-likeness (QED) is 0.547. The molecular formula is C22H27N7O2S. The third-order valence-corrected chi connectivity index (χ3v) is 6.31. The van der Waals surface area contributed by atoms with Crippen LogP contribution in [0.1, 0.15) is 42.8 Å². The lowest BCUT2D eigenvalue weighted by Crippen LogP contribution is -2.30. The molecular weight excluding hydrogens is 426 g/mol.